The van der Waals surface area contributed by atoms with E-state index in [1.165, 1.54) is 30.0 Å². The maximum absolute atomic E-state index is 10.2. The summed E-state index contributed by atoms with van der Waals surface area (Å²) in [6, 6.07) is 0. The summed E-state index contributed by atoms with van der Waals surface area (Å²) < 4.78 is 6.72. The van der Waals surface area contributed by atoms with Gasteiger partial charge >= 0.3 is 0 Å². The molecule has 0 aliphatic heterocycles. The van der Waals surface area contributed by atoms with Crippen LogP contribution in [-0.4, -0.2) is 21.8 Å². The van der Waals surface area contributed by atoms with Crippen molar-refractivity contribution in [3.8, 4) is 5.88 Å². The van der Waals surface area contributed by atoms with E-state index in [-0.39, 0.29) is 0 Å². The summed E-state index contributed by atoms with van der Waals surface area (Å²) in [4.78, 5) is 9.68. The van der Waals surface area contributed by atoms with Gasteiger partial charge < -0.3 is 4.74 Å². The molecule has 1 heterocycles. The maximum Gasteiger partial charge on any atom is 0.234 e. The third-order valence-corrected chi connectivity index (χ3v) is 2.67. The molecule has 1 rings (SSSR count). The lowest BCUT2D eigenvalue weighted by molar-refractivity contribution is -0.402. The molecule has 6 nitrogen and oxygen atoms in total. The Balaban J connectivity index is 3.26. The van der Waals surface area contributed by atoms with Crippen LogP contribution in [0.4, 0.5) is 0 Å². The molecular formula is C12H14ClN3O3. The molecule has 7 heteroatoms. The van der Waals surface area contributed by atoms with Crippen molar-refractivity contribution < 1.29 is 9.66 Å². The van der Waals surface area contributed by atoms with Crippen LogP contribution < -0.4 is 4.74 Å². The first-order valence-corrected chi connectivity index (χ1v) is 5.89. The average Bonchev–Trinajstić information content (AvgIpc) is 2.70. The van der Waals surface area contributed by atoms with Gasteiger partial charge in [0, 0.05) is 6.08 Å². The highest BCUT2D eigenvalue weighted by molar-refractivity contribution is 6.30. The van der Waals surface area contributed by atoms with Crippen molar-refractivity contribution in [3.05, 3.63) is 51.8 Å². The number of aromatic nitrogens is 2. The van der Waals surface area contributed by atoms with E-state index in [1.807, 2.05) is 6.92 Å². The van der Waals surface area contributed by atoms with E-state index in [2.05, 4.69) is 11.7 Å². The van der Waals surface area contributed by atoms with Crippen molar-refractivity contribution in [2.45, 2.75) is 13.3 Å². The van der Waals surface area contributed by atoms with E-state index >= 15 is 0 Å². The predicted octanol–water partition coefficient (Wildman–Crippen LogP) is 2.92. The van der Waals surface area contributed by atoms with Crippen LogP contribution in [0.3, 0.4) is 0 Å². The minimum absolute atomic E-state index is 0.338. The molecular weight excluding hydrogens is 270 g/mol. The molecule has 0 atom stereocenters. The van der Waals surface area contributed by atoms with E-state index in [1.54, 1.807) is 0 Å². The fourth-order valence-corrected chi connectivity index (χ4v) is 1.82. The molecule has 1 aromatic heterocycles. The second-order valence-corrected chi connectivity index (χ2v) is 3.82. The number of ether oxygens (including phenoxy) is 1. The number of methoxy groups -OCH3 is 1. The lowest BCUT2D eigenvalue weighted by Gasteiger charge is -2.07. The molecule has 0 aliphatic rings. The van der Waals surface area contributed by atoms with Crippen molar-refractivity contribution in [2.24, 2.45) is 0 Å². The minimum atomic E-state index is -0.554. The molecule has 0 aliphatic carbocycles. The topological polar surface area (TPSA) is 70.2 Å². The molecule has 0 N–H and O–H groups in total. The number of hydrogen-bond donors (Lipinski definition) is 0. The third kappa shape index (κ3) is 3.45. The summed E-state index contributed by atoms with van der Waals surface area (Å²) in [7, 11) is 1.51. The Bertz CT molecular complexity index is 547. The van der Waals surface area contributed by atoms with Crippen LogP contribution in [0.25, 0.3) is 5.70 Å². The highest BCUT2D eigenvalue weighted by atomic mass is 35.5. The minimum Gasteiger partial charge on any atom is -0.481 e. The van der Waals surface area contributed by atoms with Crippen molar-refractivity contribution in [1.82, 2.24) is 9.78 Å². The molecule has 1 aromatic rings. The van der Waals surface area contributed by atoms with Crippen molar-refractivity contribution in [2.75, 3.05) is 7.11 Å². The van der Waals surface area contributed by atoms with Gasteiger partial charge in [0.2, 0.25) is 12.1 Å². The molecule has 0 spiro atoms. The first-order valence-electron chi connectivity index (χ1n) is 5.51. The molecule has 0 radical (unpaired) electrons. The van der Waals surface area contributed by atoms with E-state index in [0.29, 0.717) is 23.2 Å². The zero-order chi connectivity index (χ0) is 14.4. The summed E-state index contributed by atoms with van der Waals surface area (Å²) in [5.74, 6) is 0.494. The fourth-order valence-electron chi connectivity index (χ4n) is 1.53. The first kappa shape index (κ1) is 15.0. The van der Waals surface area contributed by atoms with Crippen molar-refractivity contribution in [1.29, 1.82) is 0 Å². The summed E-state index contributed by atoms with van der Waals surface area (Å²) in [6.45, 7) is 5.57. The maximum atomic E-state index is 10.2. The largest absolute Gasteiger partial charge is 0.481 e. The lowest BCUT2D eigenvalue weighted by Crippen LogP contribution is -2.01. The molecule has 0 bridgehead atoms. The summed E-state index contributed by atoms with van der Waals surface area (Å²) in [5, 5.41) is 14.7. The number of rotatable bonds is 6. The molecule has 0 unspecified atom stereocenters. The van der Waals surface area contributed by atoms with Crippen LogP contribution in [-0.2, 0) is 6.42 Å². The van der Waals surface area contributed by atoms with Gasteiger partial charge in [0.25, 0.3) is 0 Å². The van der Waals surface area contributed by atoms with Gasteiger partial charge in [-0.2, -0.15) is 9.78 Å². The Labute approximate surface area is 115 Å². The second-order valence-electron chi connectivity index (χ2n) is 3.47. The monoisotopic (exact) mass is 283 g/mol. The van der Waals surface area contributed by atoms with E-state index in [0.717, 1.165) is 11.8 Å². The highest BCUT2D eigenvalue weighted by Crippen LogP contribution is 2.29. The predicted molar refractivity (Wildman–Crippen MR) is 73.8 cm³/mol. The van der Waals surface area contributed by atoms with Gasteiger partial charge in [0.1, 0.15) is 0 Å². The normalized spacial score (nSPS) is 11.8. The number of hydrogen-bond acceptors (Lipinski definition) is 4. The van der Waals surface area contributed by atoms with Gasteiger partial charge in [-0.05, 0) is 18.6 Å². The molecule has 0 fully saturated rings. The Morgan fingerprint density at radius 1 is 1.68 bits per heavy atom. The van der Waals surface area contributed by atoms with Crippen molar-refractivity contribution in [3.63, 3.8) is 0 Å². The fraction of sp³-hybridized carbons (Fsp3) is 0.250. The highest BCUT2D eigenvalue weighted by Gasteiger charge is 2.16. The summed E-state index contributed by atoms with van der Waals surface area (Å²) in [5.41, 5.74) is 1.30. The molecule has 0 saturated carbocycles. The average molecular weight is 284 g/mol. The van der Waals surface area contributed by atoms with Crippen LogP contribution in [0.5, 0.6) is 5.88 Å². The molecule has 0 aromatic carbocycles. The van der Waals surface area contributed by atoms with Crippen LogP contribution in [0.15, 0.2) is 31.0 Å². The smallest absolute Gasteiger partial charge is 0.234 e. The Morgan fingerprint density at radius 3 is 2.84 bits per heavy atom. The van der Waals surface area contributed by atoms with Gasteiger partial charge in [0.15, 0.2) is 5.15 Å². The number of nitro groups is 1. The van der Waals surface area contributed by atoms with Gasteiger partial charge in [-0.15, -0.1) is 0 Å². The van der Waals surface area contributed by atoms with Gasteiger partial charge in [-0.1, -0.05) is 25.1 Å². The van der Waals surface area contributed by atoms with Gasteiger partial charge in [0.05, 0.1) is 23.3 Å². The van der Waals surface area contributed by atoms with Crippen LogP contribution in [0.2, 0.25) is 5.15 Å². The van der Waals surface area contributed by atoms with E-state index in [4.69, 9.17) is 16.3 Å². The lowest BCUT2D eigenvalue weighted by atomic mass is 10.2. The Morgan fingerprint density at radius 2 is 2.37 bits per heavy atom. The van der Waals surface area contributed by atoms with Gasteiger partial charge in [-0.3, -0.25) is 10.1 Å². The van der Waals surface area contributed by atoms with Crippen LogP contribution >= 0.6 is 11.6 Å². The quantitative estimate of drug-likeness (QED) is 0.457. The number of nitrogens with zero attached hydrogens (tertiary/aromatic N) is 3. The molecule has 0 saturated heterocycles. The zero-order valence-electron chi connectivity index (χ0n) is 10.7. The van der Waals surface area contributed by atoms with E-state index < -0.39 is 4.92 Å². The SMILES string of the molecule is C=C/C(=C\C=C\[N+](=O)[O-])n1nc(Cl)c(CC)c1OC. The van der Waals surface area contributed by atoms with Gasteiger partial charge in [-0.25, -0.2) is 0 Å². The first-order chi connectivity index (χ1) is 9.04. The standard InChI is InChI=1S/C12H14ClN3O3/c1-4-9(7-6-8-15(17)18)16-12(19-3)10(5-2)11(13)14-16/h4,6-8H,1,5H2,2-3H3/b8-6+,9-7+. The Kier molecular flexibility index (Phi) is 5.32. The summed E-state index contributed by atoms with van der Waals surface area (Å²) >= 11 is 6.01. The molecule has 19 heavy (non-hydrogen) atoms. The number of allylic oxidation sites excluding steroid dienone is 4. The molecule has 102 valence electrons. The third-order valence-electron chi connectivity index (χ3n) is 2.36. The molecule has 0 amide bonds. The van der Waals surface area contributed by atoms with Crippen LogP contribution in [0, 0.1) is 10.1 Å². The van der Waals surface area contributed by atoms with Crippen molar-refractivity contribution >= 4 is 17.3 Å². The van der Waals surface area contributed by atoms with Crippen LogP contribution in [0.1, 0.15) is 12.5 Å². The van der Waals surface area contributed by atoms with E-state index in [9.17, 15) is 10.1 Å². The second kappa shape index (κ2) is 6.75. The Hall–Kier alpha value is -2.08. The number of halogens is 1. The zero-order valence-corrected chi connectivity index (χ0v) is 11.4. The summed E-state index contributed by atoms with van der Waals surface area (Å²) in [6.07, 6.45) is 5.79.